The van der Waals surface area contributed by atoms with E-state index in [9.17, 15) is 14.2 Å². The van der Waals surface area contributed by atoms with Crippen molar-refractivity contribution in [2.75, 3.05) is 13.2 Å². The molecular formula is C47H79O8P. The lowest BCUT2D eigenvalue weighted by Gasteiger charge is -2.18. The van der Waals surface area contributed by atoms with Crippen LogP contribution in [-0.4, -0.2) is 41.0 Å². The average Bonchev–Trinajstić information content (AvgIpc) is 3.17. The molecule has 0 aromatic rings. The van der Waals surface area contributed by atoms with E-state index in [0.29, 0.717) is 12.8 Å². The summed E-state index contributed by atoms with van der Waals surface area (Å²) in [5.41, 5.74) is 0. The fraction of sp³-hybridized carbons (Fsp3) is 0.660. The summed E-state index contributed by atoms with van der Waals surface area (Å²) in [7, 11) is -4.78. The lowest BCUT2D eigenvalue weighted by atomic mass is 10.1. The van der Waals surface area contributed by atoms with Gasteiger partial charge >= 0.3 is 19.8 Å². The van der Waals surface area contributed by atoms with Crippen molar-refractivity contribution < 1.29 is 37.9 Å². The van der Waals surface area contributed by atoms with Crippen molar-refractivity contribution >= 4 is 19.8 Å². The Morgan fingerprint density at radius 1 is 0.482 bits per heavy atom. The van der Waals surface area contributed by atoms with Crippen LogP contribution < -0.4 is 0 Å². The van der Waals surface area contributed by atoms with Crippen molar-refractivity contribution in [3.8, 4) is 0 Å². The summed E-state index contributed by atoms with van der Waals surface area (Å²) in [5.74, 6) is -0.989. The van der Waals surface area contributed by atoms with Crippen molar-refractivity contribution in [1.29, 1.82) is 0 Å². The maximum atomic E-state index is 12.4. The van der Waals surface area contributed by atoms with Crippen molar-refractivity contribution in [2.24, 2.45) is 0 Å². The first-order valence-electron chi connectivity index (χ1n) is 21.9. The first-order chi connectivity index (χ1) is 27.3. The highest BCUT2D eigenvalue weighted by atomic mass is 31.2. The second kappa shape index (κ2) is 41.9. The number of ether oxygens (including phenoxy) is 2. The topological polar surface area (TPSA) is 119 Å². The predicted octanol–water partition coefficient (Wildman–Crippen LogP) is 13.6. The molecule has 8 nitrogen and oxygen atoms in total. The maximum Gasteiger partial charge on any atom is 0.469 e. The largest absolute Gasteiger partial charge is 0.469 e. The molecule has 0 fully saturated rings. The summed E-state index contributed by atoms with van der Waals surface area (Å²) in [6.45, 7) is 3.50. The van der Waals surface area contributed by atoms with Gasteiger partial charge in [0.1, 0.15) is 6.61 Å². The molecule has 0 amide bonds. The van der Waals surface area contributed by atoms with E-state index in [1.807, 2.05) is 12.2 Å². The fourth-order valence-electron chi connectivity index (χ4n) is 5.69. The molecule has 0 spiro atoms. The number of esters is 2. The van der Waals surface area contributed by atoms with Crippen molar-refractivity contribution in [1.82, 2.24) is 0 Å². The highest BCUT2D eigenvalue weighted by Gasteiger charge is 2.22. The molecule has 0 rings (SSSR count). The number of phosphoric acid groups is 1. The summed E-state index contributed by atoms with van der Waals surface area (Å²) in [4.78, 5) is 42.9. The Kier molecular flexibility index (Phi) is 39.8. The minimum Gasteiger partial charge on any atom is -0.462 e. The van der Waals surface area contributed by atoms with Crippen LogP contribution in [0, 0.1) is 0 Å². The Morgan fingerprint density at radius 2 is 0.893 bits per heavy atom. The number of carbonyl (C=O) groups is 2. The van der Waals surface area contributed by atoms with Gasteiger partial charge in [-0.05, 0) is 77.0 Å². The number of hydrogen-bond acceptors (Lipinski definition) is 6. The minimum atomic E-state index is -4.78. The smallest absolute Gasteiger partial charge is 0.462 e. The molecule has 0 aliphatic rings. The third kappa shape index (κ3) is 44.0. The van der Waals surface area contributed by atoms with Gasteiger partial charge in [0, 0.05) is 12.8 Å². The molecule has 1 atom stereocenters. The average molecular weight is 803 g/mol. The molecule has 0 radical (unpaired) electrons. The number of carbonyl (C=O) groups excluding carboxylic acids is 2. The normalized spacial score (nSPS) is 13.3. The van der Waals surface area contributed by atoms with Crippen LogP contribution in [0.5, 0.6) is 0 Å². The number of phosphoric ester groups is 1. The standard InChI is InChI=1S/C47H79O8P/c1-3-5-7-9-11-13-15-17-19-21-23-25-27-29-31-33-35-37-39-41-46(48)53-43-45(44-54-56(50,51)52)55-47(49)42-40-38-36-34-32-30-28-26-24-22-20-18-16-14-12-10-8-6-4-2/h6,8,12,14,17-20,24,26,30,32,36,38,45H,3-5,7,9-11,13,15-16,21-23,25,27-29,31,33-35,37,39-44H2,1-2H3,(H2,50,51,52)/b8-6+,14-12+,19-17+,20-18+,26-24+,32-30+,38-36+/t45-/m1/s1. The molecule has 0 aromatic heterocycles. The van der Waals surface area contributed by atoms with Crippen LogP contribution in [0.15, 0.2) is 85.1 Å². The lowest BCUT2D eigenvalue weighted by molar-refractivity contribution is -0.161. The quantitative estimate of drug-likeness (QED) is 0.0273. The van der Waals surface area contributed by atoms with Gasteiger partial charge in [0.25, 0.3) is 0 Å². The van der Waals surface area contributed by atoms with Crippen LogP contribution in [0.25, 0.3) is 0 Å². The van der Waals surface area contributed by atoms with Crippen molar-refractivity contribution in [2.45, 2.75) is 187 Å². The molecule has 9 heteroatoms. The molecule has 0 aliphatic heterocycles. The van der Waals surface area contributed by atoms with Gasteiger partial charge in [0.05, 0.1) is 6.61 Å². The number of rotatable bonds is 39. The zero-order chi connectivity index (χ0) is 41.1. The Bertz CT molecular complexity index is 1180. The van der Waals surface area contributed by atoms with Crippen molar-refractivity contribution in [3.63, 3.8) is 0 Å². The highest BCUT2D eigenvalue weighted by molar-refractivity contribution is 7.46. The molecule has 2 N–H and O–H groups in total. The predicted molar refractivity (Wildman–Crippen MR) is 234 cm³/mol. The number of hydrogen-bond donors (Lipinski definition) is 2. The molecule has 0 bridgehead atoms. The summed E-state index contributed by atoms with van der Waals surface area (Å²) in [6, 6.07) is 0. The van der Waals surface area contributed by atoms with E-state index in [1.54, 1.807) is 0 Å². The molecule has 0 aliphatic carbocycles. The first kappa shape index (κ1) is 53.2. The van der Waals surface area contributed by atoms with Gasteiger partial charge in [-0.2, -0.15) is 0 Å². The van der Waals surface area contributed by atoms with Gasteiger partial charge < -0.3 is 19.3 Å². The highest BCUT2D eigenvalue weighted by Crippen LogP contribution is 2.36. The van der Waals surface area contributed by atoms with Gasteiger partial charge in [0.15, 0.2) is 6.10 Å². The molecular weight excluding hydrogens is 723 g/mol. The monoisotopic (exact) mass is 803 g/mol. The van der Waals surface area contributed by atoms with Crippen LogP contribution >= 0.6 is 7.82 Å². The summed E-state index contributed by atoms with van der Waals surface area (Å²) in [5, 5.41) is 0. The Morgan fingerprint density at radius 3 is 1.36 bits per heavy atom. The van der Waals surface area contributed by atoms with E-state index in [-0.39, 0.29) is 19.4 Å². The van der Waals surface area contributed by atoms with E-state index in [0.717, 1.165) is 57.8 Å². The van der Waals surface area contributed by atoms with E-state index >= 15 is 0 Å². The van der Waals surface area contributed by atoms with E-state index in [4.69, 9.17) is 19.3 Å². The Labute approximate surface area is 342 Å². The third-order valence-electron chi connectivity index (χ3n) is 8.91. The maximum absolute atomic E-state index is 12.4. The van der Waals surface area contributed by atoms with Gasteiger partial charge in [-0.25, -0.2) is 4.57 Å². The van der Waals surface area contributed by atoms with Gasteiger partial charge in [-0.1, -0.05) is 176 Å². The molecule has 56 heavy (non-hydrogen) atoms. The molecule has 0 heterocycles. The van der Waals surface area contributed by atoms with Crippen LogP contribution in [0.2, 0.25) is 0 Å². The van der Waals surface area contributed by atoms with Gasteiger partial charge in [-0.15, -0.1) is 0 Å². The van der Waals surface area contributed by atoms with Crippen LogP contribution in [0.1, 0.15) is 181 Å². The lowest BCUT2D eigenvalue weighted by Crippen LogP contribution is -2.29. The molecule has 0 aromatic carbocycles. The van der Waals surface area contributed by atoms with E-state index < -0.39 is 32.5 Å². The molecule has 0 saturated heterocycles. The molecule has 320 valence electrons. The van der Waals surface area contributed by atoms with E-state index in [1.165, 1.54) is 83.5 Å². The summed E-state index contributed by atoms with van der Waals surface area (Å²) >= 11 is 0. The summed E-state index contributed by atoms with van der Waals surface area (Å²) in [6.07, 6.45) is 56.0. The molecule has 0 unspecified atom stereocenters. The van der Waals surface area contributed by atoms with Crippen LogP contribution in [0.3, 0.4) is 0 Å². The fourth-order valence-corrected chi connectivity index (χ4v) is 6.05. The second-order valence-corrected chi connectivity index (χ2v) is 15.5. The van der Waals surface area contributed by atoms with E-state index in [2.05, 4.69) is 91.3 Å². The van der Waals surface area contributed by atoms with Crippen molar-refractivity contribution in [3.05, 3.63) is 85.1 Å². The first-order valence-corrected chi connectivity index (χ1v) is 23.4. The zero-order valence-corrected chi connectivity index (χ0v) is 36.1. The summed E-state index contributed by atoms with van der Waals surface area (Å²) < 4.78 is 26.3. The second-order valence-electron chi connectivity index (χ2n) is 14.3. The molecule has 0 saturated carbocycles. The van der Waals surface area contributed by atoms with Crippen LogP contribution in [0.4, 0.5) is 0 Å². The Balaban J connectivity index is 4.03. The van der Waals surface area contributed by atoms with Gasteiger partial charge in [0.2, 0.25) is 0 Å². The van der Waals surface area contributed by atoms with Crippen LogP contribution in [-0.2, 0) is 28.2 Å². The third-order valence-corrected chi connectivity index (χ3v) is 9.40. The zero-order valence-electron chi connectivity index (χ0n) is 35.3. The van der Waals surface area contributed by atoms with Gasteiger partial charge in [-0.3, -0.25) is 14.1 Å². The Hall–Kier alpha value is -2.77. The number of unbranched alkanes of at least 4 members (excludes halogenated alkanes) is 15. The number of allylic oxidation sites excluding steroid dienone is 14. The minimum absolute atomic E-state index is 0.0826. The SMILES string of the molecule is CC/C=C/C/C=C/C/C=C/C/C=C/C/C=C/C/C=C/CCC(=O)O[C@H](COC(=O)CCCCCCCCCCC/C=C/CCCCCCCC)COP(=O)(O)O.